The molecule has 112 valence electrons. The number of nitrogens with one attached hydrogen (secondary N) is 2. The van der Waals surface area contributed by atoms with Crippen LogP contribution < -0.4 is 10.6 Å². The van der Waals surface area contributed by atoms with Crippen molar-refractivity contribution in [2.75, 3.05) is 11.9 Å². The van der Waals surface area contributed by atoms with E-state index < -0.39 is 11.7 Å². The van der Waals surface area contributed by atoms with Crippen molar-refractivity contribution in [3.05, 3.63) is 78.1 Å². The number of amides is 2. The van der Waals surface area contributed by atoms with Crippen molar-refractivity contribution in [1.29, 1.82) is 0 Å². The van der Waals surface area contributed by atoms with E-state index in [1.807, 2.05) is 0 Å². The van der Waals surface area contributed by atoms with Gasteiger partial charge in [-0.2, -0.15) is 0 Å². The molecule has 0 bridgehead atoms. The summed E-state index contributed by atoms with van der Waals surface area (Å²) in [4.78, 5) is 24.0. The Morgan fingerprint density at radius 3 is 2.41 bits per heavy atom. The summed E-state index contributed by atoms with van der Waals surface area (Å²) in [6.45, 7) is 3.85. The molecule has 0 aliphatic heterocycles. The first-order chi connectivity index (χ1) is 10.6. The molecule has 2 amide bonds. The Balaban J connectivity index is 2.15. The molecule has 0 aliphatic carbocycles. The van der Waals surface area contributed by atoms with E-state index in [4.69, 9.17) is 0 Å². The Morgan fingerprint density at radius 1 is 1.05 bits per heavy atom. The first kappa shape index (κ1) is 15.4. The van der Waals surface area contributed by atoms with Crippen LogP contribution in [0.25, 0.3) is 0 Å². The van der Waals surface area contributed by atoms with Crippen molar-refractivity contribution in [3.8, 4) is 0 Å². The molecule has 2 aromatic rings. The quantitative estimate of drug-likeness (QED) is 0.834. The van der Waals surface area contributed by atoms with Crippen molar-refractivity contribution in [2.24, 2.45) is 0 Å². The van der Waals surface area contributed by atoms with Gasteiger partial charge >= 0.3 is 0 Å². The van der Waals surface area contributed by atoms with Gasteiger partial charge in [0.15, 0.2) is 0 Å². The van der Waals surface area contributed by atoms with Gasteiger partial charge in [0.2, 0.25) is 0 Å². The molecule has 22 heavy (non-hydrogen) atoms. The van der Waals surface area contributed by atoms with Crippen molar-refractivity contribution in [3.63, 3.8) is 0 Å². The molecule has 0 aromatic heterocycles. The molecule has 0 saturated carbocycles. The molecule has 5 heteroatoms. The number of benzene rings is 2. The molecular formula is C17H15FN2O2. The van der Waals surface area contributed by atoms with E-state index in [0.29, 0.717) is 12.1 Å². The second kappa shape index (κ2) is 7.17. The molecule has 2 aromatic carbocycles. The lowest BCUT2D eigenvalue weighted by Crippen LogP contribution is -2.23. The summed E-state index contributed by atoms with van der Waals surface area (Å²) in [6.07, 6.45) is 1.56. The molecule has 0 radical (unpaired) electrons. The van der Waals surface area contributed by atoms with E-state index >= 15 is 0 Å². The topological polar surface area (TPSA) is 58.2 Å². The van der Waals surface area contributed by atoms with Crippen LogP contribution in [0.4, 0.5) is 10.1 Å². The van der Waals surface area contributed by atoms with Gasteiger partial charge in [-0.1, -0.05) is 24.3 Å². The predicted molar refractivity (Wildman–Crippen MR) is 83.3 cm³/mol. The number of anilines is 1. The maximum absolute atomic E-state index is 13.5. The van der Waals surface area contributed by atoms with Crippen LogP contribution in [0, 0.1) is 5.82 Å². The van der Waals surface area contributed by atoms with Crippen molar-refractivity contribution < 1.29 is 14.0 Å². The van der Waals surface area contributed by atoms with Crippen LogP contribution in [-0.2, 0) is 0 Å². The zero-order valence-corrected chi connectivity index (χ0v) is 11.8. The van der Waals surface area contributed by atoms with Gasteiger partial charge in [0.05, 0.1) is 5.69 Å². The maximum Gasteiger partial charge on any atom is 0.255 e. The predicted octanol–water partition coefficient (Wildman–Crippen LogP) is 2.99. The third kappa shape index (κ3) is 3.79. The van der Waals surface area contributed by atoms with Gasteiger partial charge in [-0.05, 0) is 30.3 Å². The van der Waals surface area contributed by atoms with E-state index in [1.54, 1.807) is 30.3 Å². The van der Waals surface area contributed by atoms with E-state index in [2.05, 4.69) is 17.2 Å². The van der Waals surface area contributed by atoms with Crippen LogP contribution in [0.2, 0.25) is 0 Å². The van der Waals surface area contributed by atoms with Gasteiger partial charge < -0.3 is 10.6 Å². The Bertz CT molecular complexity index is 713. The molecular weight excluding hydrogens is 283 g/mol. The third-order valence-corrected chi connectivity index (χ3v) is 2.92. The van der Waals surface area contributed by atoms with Gasteiger partial charge in [0.1, 0.15) is 5.82 Å². The summed E-state index contributed by atoms with van der Waals surface area (Å²) in [5, 5.41) is 5.10. The minimum absolute atomic E-state index is 0.0917. The Kier molecular flexibility index (Phi) is 5.03. The third-order valence-electron chi connectivity index (χ3n) is 2.92. The average molecular weight is 298 g/mol. The minimum Gasteiger partial charge on any atom is -0.349 e. The summed E-state index contributed by atoms with van der Waals surface area (Å²) in [5.74, 6) is -1.31. The molecule has 0 aliphatic rings. The molecule has 2 N–H and O–H groups in total. The smallest absolute Gasteiger partial charge is 0.255 e. The lowest BCUT2D eigenvalue weighted by atomic mass is 10.1. The summed E-state index contributed by atoms with van der Waals surface area (Å²) in [5.41, 5.74) is 0.714. The fourth-order valence-corrected chi connectivity index (χ4v) is 1.83. The maximum atomic E-state index is 13.5. The van der Waals surface area contributed by atoms with E-state index in [-0.39, 0.29) is 17.2 Å². The highest BCUT2D eigenvalue weighted by Crippen LogP contribution is 2.14. The molecule has 0 unspecified atom stereocenters. The lowest BCUT2D eigenvalue weighted by Gasteiger charge is -2.08. The highest BCUT2D eigenvalue weighted by molar-refractivity contribution is 6.06. The molecule has 0 atom stereocenters. The standard InChI is InChI=1S/C17H15FN2O2/c1-2-10-19-16(21)12-6-5-7-13(11-12)17(22)20-15-9-4-3-8-14(15)18/h2-9,11H,1,10H2,(H,19,21)(H,20,22). The monoisotopic (exact) mass is 298 g/mol. The minimum atomic E-state index is -0.518. The highest BCUT2D eigenvalue weighted by atomic mass is 19.1. The van der Waals surface area contributed by atoms with Crippen LogP contribution in [0.15, 0.2) is 61.2 Å². The number of rotatable bonds is 5. The van der Waals surface area contributed by atoms with E-state index in [9.17, 15) is 14.0 Å². The first-order valence-corrected chi connectivity index (χ1v) is 6.67. The summed E-state index contributed by atoms with van der Waals surface area (Å²) >= 11 is 0. The Labute approximate surface area is 127 Å². The number of para-hydroxylation sites is 1. The normalized spacial score (nSPS) is 9.86. The number of hydrogen-bond acceptors (Lipinski definition) is 2. The number of hydrogen-bond donors (Lipinski definition) is 2. The SMILES string of the molecule is C=CCNC(=O)c1cccc(C(=O)Nc2ccccc2F)c1. The second-order valence-corrected chi connectivity index (χ2v) is 4.51. The zero-order valence-electron chi connectivity index (χ0n) is 11.8. The van der Waals surface area contributed by atoms with Crippen LogP contribution in [0.1, 0.15) is 20.7 Å². The van der Waals surface area contributed by atoms with Crippen molar-refractivity contribution >= 4 is 17.5 Å². The first-order valence-electron chi connectivity index (χ1n) is 6.67. The highest BCUT2D eigenvalue weighted by Gasteiger charge is 2.11. The van der Waals surface area contributed by atoms with Crippen molar-refractivity contribution in [1.82, 2.24) is 5.32 Å². The fourth-order valence-electron chi connectivity index (χ4n) is 1.83. The molecule has 0 saturated heterocycles. The lowest BCUT2D eigenvalue weighted by molar-refractivity contribution is 0.0958. The zero-order chi connectivity index (χ0) is 15.9. The largest absolute Gasteiger partial charge is 0.349 e. The number of carbonyl (C=O) groups excluding carboxylic acids is 2. The van der Waals surface area contributed by atoms with Crippen LogP contribution >= 0.6 is 0 Å². The van der Waals surface area contributed by atoms with Crippen LogP contribution in [0.3, 0.4) is 0 Å². The van der Waals surface area contributed by atoms with Crippen LogP contribution in [-0.4, -0.2) is 18.4 Å². The summed E-state index contributed by atoms with van der Waals surface area (Å²) in [7, 11) is 0. The van der Waals surface area contributed by atoms with Gasteiger partial charge in [0, 0.05) is 17.7 Å². The molecule has 0 fully saturated rings. The fraction of sp³-hybridized carbons (Fsp3) is 0.0588. The number of halogens is 1. The van der Waals surface area contributed by atoms with Gasteiger partial charge in [-0.15, -0.1) is 6.58 Å². The van der Waals surface area contributed by atoms with E-state index in [0.717, 1.165) is 0 Å². The van der Waals surface area contributed by atoms with E-state index in [1.165, 1.54) is 24.3 Å². The Morgan fingerprint density at radius 2 is 1.73 bits per heavy atom. The number of carbonyl (C=O) groups is 2. The van der Waals surface area contributed by atoms with Gasteiger partial charge in [0.25, 0.3) is 11.8 Å². The molecule has 0 spiro atoms. The van der Waals surface area contributed by atoms with Crippen molar-refractivity contribution in [2.45, 2.75) is 0 Å². The van der Waals surface area contributed by atoms with Crippen LogP contribution in [0.5, 0.6) is 0 Å². The summed E-state index contributed by atoms with van der Waals surface area (Å²) < 4.78 is 13.5. The summed E-state index contributed by atoms with van der Waals surface area (Å²) in [6, 6.07) is 12.1. The van der Waals surface area contributed by atoms with Gasteiger partial charge in [-0.25, -0.2) is 4.39 Å². The van der Waals surface area contributed by atoms with Gasteiger partial charge in [-0.3, -0.25) is 9.59 Å². The Hall–Kier alpha value is -2.95. The average Bonchev–Trinajstić information content (AvgIpc) is 2.54. The molecule has 4 nitrogen and oxygen atoms in total. The molecule has 0 heterocycles. The second-order valence-electron chi connectivity index (χ2n) is 4.51. The molecule has 2 rings (SSSR count).